The van der Waals surface area contributed by atoms with Crippen molar-refractivity contribution < 1.29 is 10.2 Å². The summed E-state index contributed by atoms with van der Waals surface area (Å²) in [4.78, 5) is 0. The Bertz CT molecular complexity index is 212. The van der Waals surface area contributed by atoms with Crippen molar-refractivity contribution in [1.29, 1.82) is 0 Å². The third kappa shape index (κ3) is 3.19. The van der Waals surface area contributed by atoms with Crippen molar-refractivity contribution in [3.8, 4) is 0 Å². The van der Waals surface area contributed by atoms with Crippen LogP contribution < -0.4 is 5.32 Å². The second-order valence-electron chi connectivity index (χ2n) is 5.62. The number of hydrogen-bond donors (Lipinski definition) is 3. The van der Waals surface area contributed by atoms with E-state index in [4.69, 9.17) is 0 Å². The highest BCUT2D eigenvalue weighted by atomic mass is 16.3. The van der Waals surface area contributed by atoms with Gasteiger partial charge in [-0.2, -0.15) is 0 Å². The standard InChI is InChI=1S/C13H25NO2/c15-12-7-5-6-11(12)14-10-13(16)8-3-1-2-4-9-13/h11-12,14-16H,1-10H2. The molecule has 0 amide bonds. The molecule has 0 aromatic rings. The van der Waals surface area contributed by atoms with Gasteiger partial charge in [0.2, 0.25) is 0 Å². The fourth-order valence-electron chi connectivity index (χ4n) is 3.06. The molecule has 0 bridgehead atoms. The van der Waals surface area contributed by atoms with Crippen LogP contribution in [0.25, 0.3) is 0 Å². The fraction of sp³-hybridized carbons (Fsp3) is 1.00. The Labute approximate surface area is 98.2 Å². The first kappa shape index (κ1) is 12.3. The third-order valence-electron chi connectivity index (χ3n) is 4.21. The van der Waals surface area contributed by atoms with Crippen LogP contribution in [0.15, 0.2) is 0 Å². The third-order valence-corrected chi connectivity index (χ3v) is 4.21. The molecule has 3 nitrogen and oxygen atoms in total. The van der Waals surface area contributed by atoms with E-state index in [1.54, 1.807) is 0 Å². The lowest BCUT2D eigenvalue weighted by atomic mass is 9.94. The molecule has 3 heteroatoms. The monoisotopic (exact) mass is 227 g/mol. The minimum atomic E-state index is -0.515. The Morgan fingerprint density at radius 1 is 1.00 bits per heavy atom. The Morgan fingerprint density at radius 3 is 2.25 bits per heavy atom. The van der Waals surface area contributed by atoms with Gasteiger partial charge in [0, 0.05) is 12.6 Å². The van der Waals surface area contributed by atoms with Crippen molar-refractivity contribution in [2.24, 2.45) is 0 Å². The first-order chi connectivity index (χ1) is 7.70. The molecular weight excluding hydrogens is 202 g/mol. The lowest BCUT2D eigenvalue weighted by Crippen LogP contribution is -2.46. The van der Waals surface area contributed by atoms with Crippen molar-refractivity contribution in [2.45, 2.75) is 75.5 Å². The van der Waals surface area contributed by atoms with E-state index in [9.17, 15) is 10.2 Å². The summed E-state index contributed by atoms with van der Waals surface area (Å²) >= 11 is 0. The fourth-order valence-corrected chi connectivity index (χ4v) is 3.06. The van der Waals surface area contributed by atoms with Crippen molar-refractivity contribution in [2.75, 3.05) is 6.54 Å². The maximum Gasteiger partial charge on any atom is 0.0771 e. The normalized spacial score (nSPS) is 34.9. The SMILES string of the molecule is OC1CCCC1NCC1(O)CCCCCC1. The molecular formula is C13H25NO2. The van der Waals surface area contributed by atoms with E-state index in [0.29, 0.717) is 6.54 Å². The summed E-state index contributed by atoms with van der Waals surface area (Å²) in [6, 6.07) is 0.215. The van der Waals surface area contributed by atoms with Gasteiger partial charge in [-0.05, 0) is 32.1 Å². The van der Waals surface area contributed by atoms with Crippen LogP contribution in [0.1, 0.15) is 57.8 Å². The van der Waals surface area contributed by atoms with E-state index in [1.165, 1.54) is 12.8 Å². The highest BCUT2D eigenvalue weighted by Crippen LogP contribution is 2.27. The molecule has 3 N–H and O–H groups in total. The Hall–Kier alpha value is -0.120. The van der Waals surface area contributed by atoms with Gasteiger partial charge in [0.25, 0.3) is 0 Å². The number of aliphatic hydroxyl groups excluding tert-OH is 1. The van der Waals surface area contributed by atoms with E-state index in [1.807, 2.05) is 0 Å². The molecule has 2 aliphatic carbocycles. The molecule has 2 rings (SSSR count). The van der Waals surface area contributed by atoms with Crippen LogP contribution in [-0.2, 0) is 0 Å². The molecule has 2 unspecified atom stereocenters. The topological polar surface area (TPSA) is 52.5 Å². The van der Waals surface area contributed by atoms with Gasteiger partial charge in [-0.3, -0.25) is 0 Å². The molecule has 0 aliphatic heterocycles. The molecule has 0 saturated heterocycles. The Balaban J connectivity index is 1.78. The molecule has 0 spiro atoms. The summed E-state index contributed by atoms with van der Waals surface area (Å²) in [5.41, 5.74) is -0.515. The van der Waals surface area contributed by atoms with Gasteiger partial charge in [-0.15, -0.1) is 0 Å². The van der Waals surface area contributed by atoms with Gasteiger partial charge >= 0.3 is 0 Å². The first-order valence-corrected chi connectivity index (χ1v) is 6.83. The lowest BCUT2D eigenvalue weighted by molar-refractivity contribution is 0.0181. The van der Waals surface area contributed by atoms with E-state index in [-0.39, 0.29) is 12.1 Å². The van der Waals surface area contributed by atoms with Crippen LogP contribution in [0.3, 0.4) is 0 Å². The van der Waals surface area contributed by atoms with E-state index >= 15 is 0 Å². The van der Waals surface area contributed by atoms with Crippen LogP contribution >= 0.6 is 0 Å². The van der Waals surface area contributed by atoms with Gasteiger partial charge in [-0.25, -0.2) is 0 Å². The largest absolute Gasteiger partial charge is 0.392 e. The quantitative estimate of drug-likeness (QED) is 0.642. The number of aliphatic hydroxyl groups is 2. The first-order valence-electron chi connectivity index (χ1n) is 6.83. The summed E-state index contributed by atoms with van der Waals surface area (Å²) < 4.78 is 0. The van der Waals surface area contributed by atoms with Crippen molar-refractivity contribution in [1.82, 2.24) is 5.32 Å². The van der Waals surface area contributed by atoms with Crippen molar-refractivity contribution in [3.05, 3.63) is 0 Å². The van der Waals surface area contributed by atoms with E-state index < -0.39 is 5.60 Å². The van der Waals surface area contributed by atoms with Crippen LogP contribution in [0.4, 0.5) is 0 Å². The van der Waals surface area contributed by atoms with Crippen LogP contribution in [0.2, 0.25) is 0 Å². The molecule has 16 heavy (non-hydrogen) atoms. The van der Waals surface area contributed by atoms with Gasteiger partial charge in [0.05, 0.1) is 11.7 Å². The minimum absolute atomic E-state index is 0.200. The predicted molar refractivity (Wildman–Crippen MR) is 64.3 cm³/mol. The van der Waals surface area contributed by atoms with Gasteiger partial charge in [-0.1, -0.05) is 25.7 Å². The summed E-state index contributed by atoms with van der Waals surface area (Å²) in [6.45, 7) is 0.661. The van der Waals surface area contributed by atoms with Gasteiger partial charge in [0.1, 0.15) is 0 Å². The summed E-state index contributed by atoms with van der Waals surface area (Å²) in [5.74, 6) is 0. The van der Waals surface area contributed by atoms with Crippen molar-refractivity contribution >= 4 is 0 Å². The van der Waals surface area contributed by atoms with E-state index in [0.717, 1.165) is 44.9 Å². The summed E-state index contributed by atoms with van der Waals surface area (Å²) in [5, 5.41) is 23.5. The molecule has 0 radical (unpaired) electrons. The average molecular weight is 227 g/mol. The zero-order chi connectivity index (χ0) is 11.4. The average Bonchev–Trinajstić information content (AvgIpc) is 2.54. The van der Waals surface area contributed by atoms with Crippen LogP contribution in [0, 0.1) is 0 Å². The molecule has 2 atom stereocenters. The van der Waals surface area contributed by atoms with E-state index in [2.05, 4.69) is 5.32 Å². The number of rotatable bonds is 3. The number of nitrogens with one attached hydrogen (secondary N) is 1. The highest BCUT2D eigenvalue weighted by Gasteiger charge is 2.31. The summed E-state index contributed by atoms with van der Waals surface area (Å²) in [7, 11) is 0. The molecule has 2 saturated carbocycles. The lowest BCUT2D eigenvalue weighted by Gasteiger charge is -2.29. The number of hydrogen-bond acceptors (Lipinski definition) is 3. The Kier molecular flexibility index (Phi) is 4.22. The second kappa shape index (κ2) is 5.48. The van der Waals surface area contributed by atoms with Crippen molar-refractivity contribution in [3.63, 3.8) is 0 Å². The smallest absolute Gasteiger partial charge is 0.0771 e. The molecule has 2 fully saturated rings. The molecule has 2 aliphatic rings. The zero-order valence-corrected chi connectivity index (χ0v) is 10.1. The Morgan fingerprint density at radius 2 is 1.69 bits per heavy atom. The van der Waals surface area contributed by atoms with Crippen LogP contribution in [-0.4, -0.2) is 34.5 Å². The molecule has 0 aromatic heterocycles. The predicted octanol–water partition coefficient (Wildman–Crippen LogP) is 1.57. The van der Waals surface area contributed by atoms with Crippen LogP contribution in [0.5, 0.6) is 0 Å². The second-order valence-corrected chi connectivity index (χ2v) is 5.62. The highest BCUT2D eigenvalue weighted by molar-refractivity contribution is 4.88. The minimum Gasteiger partial charge on any atom is -0.392 e. The van der Waals surface area contributed by atoms with Gasteiger partial charge in [0.15, 0.2) is 0 Å². The maximum atomic E-state index is 10.5. The van der Waals surface area contributed by atoms with Gasteiger partial charge < -0.3 is 15.5 Å². The maximum absolute atomic E-state index is 10.5. The molecule has 0 heterocycles. The zero-order valence-electron chi connectivity index (χ0n) is 10.1. The molecule has 0 aromatic carbocycles. The summed E-state index contributed by atoms with van der Waals surface area (Å²) in [6.07, 6.45) is 9.52. The molecule has 94 valence electrons.